The van der Waals surface area contributed by atoms with E-state index in [0.717, 1.165) is 11.6 Å². The van der Waals surface area contributed by atoms with E-state index in [4.69, 9.17) is 5.14 Å². The van der Waals surface area contributed by atoms with Gasteiger partial charge in [-0.05, 0) is 25.1 Å². The zero-order chi connectivity index (χ0) is 14.2. The van der Waals surface area contributed by atoms with Gasteiger partial charge in [-0.25, -0.2) is 13.6 Å². The van der Waals surface area contributed by atoms with E-state index in [2.05, 4.69) is 0 Å². The van der Waals surface area contributed by atoms with Crippen molar-refractivity contribution < 1.29 is 18.3 Å². The summed E-state index contributed by atoms with van der Waals surface area (Å²) in [6, 6.07) is 8.06. The van der Waals surface area contributed by atoms with E-state index in [1.807, 2.05) is 6.92 Å². The summed E-state index contributed by atoms with van der Waals surface area (Å²) in [6.07, 6.45) is 1.33. The summed E-state index contributed by atoms with van der Waals surface area (Å²) in [4.78, 5) is 10.7. The fourth-order valence-corrected chi connectivity index (χ4v) is 2.47. The van der Waals surface area contributed by atoms with E-state index in [1.54, 1.807) is 24.3 Å². The van der Waals surface area contributed by atoms with Crippen LogP contribution < -0.4 is 10.2 Å². The molecule has 0 fully saturated rings. The van der Waals surface area contributed by atoms with Crippen LogP contribution in [0.5, 0.6) is 0 Å². The van der Waals surface area contributed by atoms with Gasteiger partial charge >= 0.3 is 0 Å². The molecule has 6 nitrogen and oxygen atoms in total. The van der Waals surface area contributed by atoms with Crippen molar-refractivity contribution >= 4 is 16.0 Å². The van der Waals surface area contributed by atoms with Crippen LogP contribution in [0.4, 0.5) is 0 Å². The van der Waals surface area contributed by atoms with Crippen LogP contribution in [-0.2, 0) is 10.0 Å². The Morgan fingerprint density at radius 3 is 2.26 bits per heavy atom. The zero-order valence-corrected chi connectivity index (χ0v) is 10.8. The third-order valence-corrected chi connectivity index (χ3v) is 3.60. The second-order valence-corrected chi connectivity index (χ2v) is 5.60. The van der Waals surface area contributed by atoms with Crippen LogP contribution in [-0.4, -0.2) is 19.0 Å². The Balaban J connectivity index is 2.69. The minimum Gasteiger partial charge on any atom is -0.543 e. The first-order valence-corrected chi connectivity index (χ1v) is 6.88. The molecule has 0 aliphatic carbocycles. The summed E-state index contributed by atoms with van der Waals surface area (Å²) in [7, 11) is -4.12. The molecule has 0 radical (unpaired) electrons. The Labute approximate surface area is 110 Å². The predicted molar refractivity (Wildman–Crippen MR) is 66.2 cm³/mol. The highest BCUT2D eigenvalue weighted by atomic mass is 32.2. The number of sulfonamides is 1. The molecule has 0 spiro atoms. The van der Waals surface area contributed by atoms with E-state index < -0.39 is 26.6 Å². The van der Waals surface area contributed by atoms with Crippen molar-refractivity contribution in [3.63, 3.8) is 0 Å². The van der Waals surface area contributed by atoms with Crippen molar-refractivity contribution in [1.82, 2.24) is 4.57 Å². The zero-order valence-electron chi connectivity index (χ0n) is 10.0. The highest BCUT2D eigenvalue weighted by Gasteiger charge is 2.19. The standard InChI is InChI=1S/C12H12N2O4S/c1-8-2-4-9(5-3-8)14-7-6-10(19(13,17)18)11(14)12(15)16/h2-7H,1H3,(H,15,16)(H2,13,17,18)/p-1. The van der Waals surface area contributed by atoms with Gasteiger partial charge < -0.3 is 14.5 Å². The second-order valence-electron chi connectivity index (χ2n) is 4.07. The molecule has 19 heavy (non-hydrogen) atoms. The van der Waals surface area contributed by atoms with Gasteiger partial charge in [0.25, 0.3) is 0 Å². The molecule has 1 aromatic carbocycles. The van der Waals surface area contributed by atoms with Crippen molar-refractivity contribution in [2.45, 2.75) is 11.8 Å². The predicted octanol–water partition coefficient (Wildman–Crippen LogP) is -0.203. The number of carbonyl (C=O) groups excluding carboxylic acids is 1. The number of nitrogens with zero attached hydrogens (tertiary/aromatic N) is 1. The largest absolute Gasteiger partial charge is 0.543 e. The number of rotatable bonds is 3. The first-order chi connectivity index (χ1) is 8.80. The number of hydrogen-bond donors (Lipinski definition) is 1. The Kier molecular flexibility index (Phi) is 3.17. The van der Waals surface area contributed by atoms with Crippen LogP contribution in [0.25, 0.3) is 5.69 Å². The molecule has 0 bridgehead atoms. The van der Waals surface area contributed by atoms with Crippen LogP contribution in [0.1, 0.15) is 16.1 Å². The highest BCUT2D eigenvalue weighted by Crippen LogP contribution is 2.20. The fraction of sp³-hybridized carbons (Fsp3) is 0.0833. The molecule has 0 unspecified atom stereocenters. The number of carbonyl (C=O) groups is 1. The lowest BCUT2D eigenvalue weighted by Gasteiger charge is -2.11. The molecular weight excluding hydrogens is 268 g/mol. The fourth-order valence-electron chi connectivity index (χ4n) is 1.76. The summed E-state index contributed by atoms with van der Waals surface area (Å²) < 4.78 is 23.9. The average molecular weight is 279 g/mol. The summed E-state index contributed by atoms with van der Waals surface area (Å²) in [5.41, 5.74) is 1.03. The lowest BCUT2D eigenvalue weighted by molar-refractivity contribution is -0.256. The van der Waals surface area contributed by atoms with Crippen LogP contribution in [0.15, 0.2) is 41.4 Å². The Morgan fingerprint density at radius 1 is 1.21 bits per heavy atom. The van der Waals surface area contributed by atoms with E-state index in [9.17, 15) is 18.3 Å². The normalized spacial score (nSPS) is 11.5. The Hall–Kier alpha value is -2.12. The summed E-state index contributed by atoms with van der Waals surface area (Å²) in [5, 5.41) is 16.1. The van der Waals surface area contributed by atoms with Crippen molar-refractivity contribution in [3.8, 4) is 5.69 Å². The number of aromatic carboxylic acids is 1. The first kappa shape index (κ1) is 13.3. The molecule has 0 amide bonds. The van der Waals surface area contributed by atoms with Crippen molar-refractivity contribution in [2.24, 2.45) is 5.14 Å². The van der Waals surface area contributed by atoms with Gasteiger partial charge in [0.1, 0.15) is 4.90 Å². The molecule has 1 heterocycles. The van der Waals surface area contributed by atoms with E-state index >= 15 is 0 Å². The number of primary sulfonamides is 1. The molecule has 100 valence electrons. The van der Waals surface area contributed by atoms with Gasteiger partial charge in [-0.3, -0.25) is 0 Å². The molecule has 0 atom stereocenters. The van der Waals surface area contributed by atoms with Crippen LogP contribution in [0.2, 0.25) is 0 Å². The van der Waals surface area contributed by atoms with E-state index in [-0.39, 0.29) is 0 Å². The van der Waals surface area contributed by atoms with Crippen LogP contribution in [0.3, 0.4) is 0 Å². The summed E-state index contributed by atoms with van der Waals surface area (Å²) >= 11 is 0. The summed E-state index contributed by atoms with van der Waals surface area (Å²) in [5.74, 6) is -1.60. The third-order valence-electron chi connectivity index (χ3n) is 2.66. The molecule has 2 N–H and O–H groups in total. The van der Waals surface area contributed by atoms with E-state index in [0.29, 0.717) is 5.69 Å². The van der Waals surface area contributed by atoms with E-state index in [1.165, 1.54) is 10.8 Å². The summed E-state index contributed by atoms with van der Waals surface area (Å²) in [6.45, 7) is 1.88. The number of carboxylic acid groups (broad SMARTS) is 1. The number of benzene rings is 1. The Morgan fingerprint density at radius 2 is 1.79 bits per heavy atom. The monoisotopic (exact) mass is 279 g/mol. The minimum absolute atomic E-state index is 0.465. The van der Waals surface area contributed by atoms with Gasteiger partial charge in [-0.2, -0.15) is 0 Å². The third kappa shape index (κ3) is 2.51. The molecule has 2 rings (SSSR count). The van der Waals surface area contributed by atoms with Crippen molar-refractivity contribution in [2.75, 3.05) is 0 Å². The maximum Gasteiger partial charge on any atom is 0.240 e. The van der Waals surface area contributed by atoms with Gasteiger partial charge in [-0.1, -0.05) is 17.7 Å². The highest BCUT2D eigenvalue weighted by molar-refractivity contribution is 7.89. The Bertz CT molecular complexity index is 730. The number of aryl methyl sites for hydroxylation is 1. The van der Waals surface area contributed by atoms with Crippen molar-refractivity contribution in [1.29, 1.82) is 0 Å². The topological polar surface area (TPSA) is 105 Å². The smallest absolute Gasteiger partial charge is 0.240 e. The lowest BCUT2D eigenvalue weighted by Crippen LogP contribution is -2.28. The maximum absolute atomic E-state index is 11.3. The minimum atomic E-state index is -4.12. The quantitative estimate of drug-likeness (QED) is 0.839. The van der Waals surface area contributed by atoms with Gasteiger partial charge in [0, 0.05) is 11.9 Å². The second kappa shape index (κ2) is 4.52. The molecule has 7 heteroatoms. The van der Waals surface area contributed by atoms with Gasteiger partial charge in [-0.15, -0.1) is 0 Å². The van der Waals surface area contributed by atoms with Crippen LogP contribution >= 0.6 is 0 Å². The number of carboxylic acids is 1. The lowest BCUT2D eigenvalue weighted by atomic mass is 10.2. The average Bonchev–Trinajstić information content (AvgIpc) is 2.74. The van der Waals surface area contributed by atoms with Crippen molar-refractivity contribution in [3.05, 3.63) is 47.8 Å². The van der Waals surface area contributed by atoms with Gasteiger partial charge in [0.2, 0.25) is 10.0 Å². The molecule has 1 aromatic heterocycles. The maximum atomic E-state index is 11.3. The molecular formula is C12H11N2O4S-. The molecule has 0 aliphatic rings. The number of hydrogen-bond acceptors (Lipinski definition) is 4. The molecule has 2 aromatic rings. The SMILES string of the molecule is Cc1ccc(-n2ccc(S(N)(=O)=O)c2C(=O)[O-])cc1. The number of nitrogens with two attached hydrogens (primary N) is 1. The van der Waals surface area contributed by atoms with Gasteiger partial charge in [0.15, 0.2) is 0 Å². The number of aromatic nitrogens is 1. The first-order valence-electron chi connectivity index (χ1n) is 5.33. The molecule has 0 saturated heterocycles. The van der Waals surface area contributed by atoms with Crippen LogP contribution in [0, 0.1) is 6.92 Å². The molecule has 0 aliphatic heterocycles. The molecule has 0 saturated carbocycles. The van der Waals surface area contributed by atoms with Gasteiger partial charge in [0.05, 0.1) is 11.7 Å².